The fraction of sp³-hybridized carbons (Fsp3) is 0.556. The van der Waals surface area contributed by atoms with Crippen LogP contribution in [0.5, 0.6) is 0 Å². The Balaban J connectivity index is 0.00000162. The molecular weight excluding hydrogens is 255 g/mol. The molecule has 0 bridgehead atoms. The second-order valence-electron chi connectivity index (χ2n) is 3.75. The van der Waals surface area contributed by atoms with Gasteiger partial charge in [-0.1, -0.05) is 0 Å². The van der Waals surface area contributed by atoms with Crippen molar-refractivity contribution in [2.24, 2.45) is 0 Å². The zero-order valence-corrected chi connectivity index (χ0v) is 11.7. The Labute approximate surface area is 125 Å². The maximum absolute atomic E-state index is 11.4. The van der Waals surface area contributed by atoms with Crippen molar-refractivity contribution in [3.05, 3.63) is 33.1 Å². The van der Waals surface area contributed by atoms with Crippen molar-refractivity contribution in [1.29, 1.82) is 0 Å². The molecule has 4 N–H and O–H groups in total. The first-order chi connectivity index (χ1) is 8.04. The van der Waals surface area contributed by atoms with E-state index in [9.17, 15) is 19.8 Å². The molecule has 1 aromatic heterocycles. The van der Waals surface area contributed by atoms with Crippen molar-refractivity contribution < 1.29 is 51.0 Å². The summed E-state index contributed by atoms with van der Waals surface area (Å²) in [6.07, 6.45) is -3.58. The van der Waals surface area contributed by atoms with Gasteiger partial charge in [0, 0.05) is 12.3 Å². The molecule has 2 heterocycles. The van der Waals surface area contributed by atoms with E-state index in [1.165, 1.54) is 0 Å². The topological polar surface area (TPSA) is 125 Å². The number of aliphatic hydroxyl groups excluding tert-OH is 3. The molecule has 4 atom stereocenters. The molecule has 1 saturated heterocycles. The molecule has 0 radical (unpaired) electrons. The molecule has 0 saturated carbocycles. The van der Waals surface area contributed by atoms with Crippen LogP contribution in [0.4, 0.5) is 0 Å². The first kappa shape index (κ1) is 15.6. The molecule has 1 aromatic rings. The molecule has 2 unspecified atom stereocenters. The fourth-order valence-electron chi connectivity index (χ4n) is 1.74. The van der Waals surface area contributed by atoms with Gasteiger partial charge in [0.25, 0.3) is 5.56 Å². The molecule has 8 nitrogen and oxygen atoms in total. The van der Waals surface area contributed by atoms with Gasteiger partial charge >= 0.3 is 35.2 Å². The van der Waals surface area contributed by atoms with E-state index in [2.05, 4.69) is 0 Å². The number of H-pyrrole nitrogens is 1. The first-order valence-corrected chi connectivity index (χ1v) is 4.98. The maximum Gasteiger partial charge on any atom is 1.00 e. The van der Waals surface area contributed by atoms with Gasteiger partial charge in [0.15, 0.2) is 6.23 Å². The van der Waals surface area contributed by atoms with Gasteiger partial charge in [0.05, 0.1) is 6.61 Å². The quantitative estimate of drug-likeness (QED) is 0.396. The van der Waals surface area contributed by atoms with Gasteiger partial charge in [-0.3, -0.25) is 14.3 Å². The van der Waals surface area contributed by atoms with Crippen LogP contribution in [0, 0.1) is 0 Å². The van der Waals surface area contributed by atoms with Crippen molar-refractivity contribution in [2.45, 2.75) is 24.5 Å². The van der Waals surface area contributed by atoms with Crippen molar-refractivity contribution in [3.8, 4) is 0 Å². The summed E-state index contributed by atoms with van der Waals surface area (Å²) in [4.78, 5) is 24.3. The third kappa shape index (κ3) is 2.75. The van der Waals surface area contributed by atoms with Crippen LogP contribution in [-0.2, 0) is 4.74 Å². The number of aromatic amines is 1. The van der Waals surface area contributed by atoms with Crippen LogP contribution >= 0.6 is 0 Å². The molecule has 1 aliphatic heterocycles. The molecule has 96 valence electrons. The van der Waals surface area contributed by atoms with Crippen LogP contribution in [0.15, 0.2) is 21.9 Å². The standard InChI is InChI=1S/C9H12N2O6.Na.H/c12-3-4-6(14)7(15)8(17-4)11-2-1-5(13)10-9(11)16;;/h1-2,4,6-8,12,14-15H,3H2,(H,10,13,16);;/q;+1;-1/t4-,6?,7?,8-;;/m0../s1. The van der Waals surface area contributed by atoms with Gasteiger partial charge in [-0.2, -0.15) is 0 Å². The van der Waals surface area contributed by atoms with Gasteiger partial charge in [-0.15, -0.1) is 0 Å². The normalized spacial score (nSPS) is 31.1. The van der Waals surface area contributed by atoms with Crippen LogP contribution in [-0.4, -0.2) is 49.8 Å². The average molecular weight is 268 g/mol. The number of hydrogen-bond acceptors (Lipinski definition) is 6. The van der Waals surface area contributed by atoms with Crippen LogP contribution in [0.1, 0.15) is 7.65 Å². The van der Waals surface area contributed by atoms with Gasteiger partial charge in [0.2, 0.25) is 0 Å². The Hall–Kier alpha value is -0.480. The minimum atomic E-state index is -1.35. The molecule has 9 heteroatoms. The fourth-order valence-corrected chi connectivity index (χ4v) is 1.74. The second kappa shape index (κ2) is 6.11. The minimum absolute atomic E-state index is 0. The monoisotopic (exact) mass is 268 g/mol. The maximum atomic E-state index is 11.4. The van der Waals surface area contributed by atoms with Crippen LogP contribution in [0.2, 0.25) is 0 Å². The van der Waals surface area contributed by atoms with Gasteiger partial charge < -0.3 is 21.5 Å². The SMILES string of the molecule is O=c1ccn([C@H]2O[C@@H](CO)C(O)C2O)c(=O)[nH]1.[H-].[Na+]. The molecule has 0 spiro atoms. The third-order valence-electron chi connectivity index (χ3n) is 2.64. The number of nitrogens with one attached hydrogen (secondary N) is 1. The zero-order chi connectivity index (χ0) is 12.6. The van der Waals surface area contributed by atoms with E-state index in [4.69, 9.17) is 9.84 Å². The minimum Gasteiger partial charge on any atom is -1.00 e. The number of hydrogen-bond donors (Lipinski definition) is 4. The second-order valence-corrected chi connectivity index (χ2v) is 3.75. The van der Waals surface area contributed by atoms with E-state index < -0.39 is 42.4 Å². The van der Waals surface area contributed by atoms with E-state index in [-0.39, 0.29) is 31.0 Å². The molecule has 0 amide bonds. The van der Waals surface area contributed by atoms with E-state index in [0.717, 1.165) is 16.8 Å². The summed E-state index contributed by atoms with van der Waals surface area (Å²) < 4.78 is 6.08. The molecular formula is C9H13N2NaO6. The molecule has 18 heavy (non-hydrogen) atoms. The predicted octanol–water partition coefficient (Wildman–Crippen LogP) is -5.74. The summed E-state index contributed by atoms with van der Waals surface area (Å²) in [5.41, 5.74) is -1.33. The molecule has 0 aliphatic carbocycles. The average Bonchev–Trinajstić information content (AvgIpc) is 2.57. The Bertz CT molecular complexity index is 520. The largest absolute Gasteiger partial charge is 1.00 e. The number of aliphatic hydroxyl groups is 3. The van der Waals surface area contributed by atoms with Gasteiger partial charge in [-0.05, 0) is 0 Å². The van der Waals surface area contributed by atoms with Gasteiger partial charge in [-0.25, -0.2) is 4.79 Å². The van der Waals surface area contributed by atoms with Crippen molar-refractivity contribution >= 4 is 0 Å². The molecule has 2 rings (SSSR count). The third-order valence-corrected chi connectivity index (χ3v) is 2.64. The van der Waals surface area contributed by atoms with E-state index >= 15 is 0 Å². The summed E-state index contributed by atoms with van der Waals surface area (Å²) >= 11 is 0. The Kier molecular flexibility index (Phi) is 5.29. The first-order valence-electron chi connectivity index (χ1n) is 4.98. The molecule has 1 fully saturated rings. The molecule has 0 aromatic carbocycles. The van der Waals surface area contributed by atoms with Crippen molar-refractivity contribution in [2.75, 3.05) is 6.61 Å². The smallest absolute Gasteiger partial charge is 1.00 e. The Morgan fingerprint density at radius 1 is 1.39 bits per heavy atom. The number of nitrogens with zero attached hydrogens (tertiary/aromatic N) is 1. The van der Waals surface area contributed by atoms with Crippen LogP contribution < -0.4 is 40.8 Å². The van der Waals surface area contributed by atoms with Gasteiger partial charge in [0.1, 0.15) is 18.3 Å². The van der Waals surface area contributed by atoms with E-state index in [1.54, 1.807) is 0 Å². The number of aromatic nitrogens is 2. The van der Waals surface area contributed by atoms with Crippen LogP contribution in [0.25, 0.3) is 0 Å². The Morgan fingerprint density at radius 3 is 2.56 bits per heavy atom. The molecule has 1 aliphatic rings. The predicted molar refractivity (Wildman–Crippen MR) is 55.4 cm³/mol. The van der Waals surface area contributed by atoms with E-state index in [0.29, 0.717) is 0 Å². The van der Waals surface area contributed by atoms with Crippen molar-refractivity contribution in [3.63, 3.8) is 0 Å². The Morgan fingerprint density at radius 2 is 2.06 bits per heavy atom. The zero-order valence-electron chi connectivity index (χ0n) is 10.7. The summed E-state index contributed by atoms with van der Waals surface area (Å²) in [6, 6.07) is 1.09. The summed E-state index contributed by atoms with van der Waals surface area (Å²) in [5, 5.41) is 28.1. The summed E-state index contributed by atoms with van der Waals surface area (Å²) in [5.74, 6) is 0. The summed E-state index contributed by atoms with van der Waals surface area (Å²) in [7, 11) is 0. The van der Waals surface area contributed by atoms with E-state index in [1.807, 2.05) is 4.98 Å². The van der Waals surface area contributed by atoms with Crippen molar-refractivity contribution in [1.82, 2.24) is 9.55 Å². The number of ether oxygens (including phenoxy) is 1. The van der Waals surface area contributed by atoms with Crippen LogP contribution in [0.3, 0.4) is 0 Å². The summed E-state index contributed by atoms with van der Waals surface area (Å²) in [6.45, 7) is -0.479. The number of rotatable bonds is 2.